The lowest BCUT2D eigenvalue weighted by Gasteiger charge is -2.15. The number of carbonyl (C=O) groups is 5. The molecule has 1 aliphatic heterocycles. The summed E-state index contributed by atoms with van der Waals surface area (Å²) < 4.78 is 9.92. The second-order valence-electron chi connectivity index (χ2n) is 8.36. The van der Waals surface area contributed by atoms with Crippen LogP contribution in [0.2, 0.25) is 0 Å². The van der Waals surface area contributed by atoms with Gasteiger partial charge in [0.25, 0.3) is 17.7 Å². The first kappa shape index (κ1) is 28.1. The van der Waals surface area contributed by atoms with Gasteiger partial charge < -0.3 is 20.1 Å². The molecule has 0 bridgehead atoms. The SMILES string of the molecule is CCOC(=O)c1ccc(N2C(=O)C(Cl)=C(Nc3ccc(C(=O)Nc4cccc(C(=O)OCC)c4)cc3)C2=O)cc1. The third-order valence-electron chi connectivity index (χ3n) is 5.71. The van der Waals surface area contributed by atoms with Crippen molar-refractivity contribution in [1.82, 2.24) is 0 Å². The highest BCUT2D eigenvalue weighted by Crippen LogP contribution is 2.30. The van der Waals surface area contributed by atoms with Gasteiger partial charge in [-0.25, -0.2) is 14.5 Å². The molecule has 0 saturated carbocycles. The highest BCUT2D eigenvalue weighted by atomic mass is 35.5. The van der Waals surface area contributed by atoms with Crippen LogP contribution in [0, 0.1) is 0 Å². The fraction of sp³-hybridized carbons (Fsp3) is 0.138. The molecule has 3 amide bonds. The van der Waals surface area contributed by atoms with E-state index < -0.39 is 29.7 Å². The molecule has 10 nitrogen and oxygen atoms in total. The smallest absolute Gasteiger partial charge is 0.338 e. The Morgan fingerprint density at radius 3 is 1.98 bits per heavy atom. The molecule has 2 N–H and O–H groups in total. The summed E-state index contributed by atoms with van der Waals surface area (Å²) in [6, 6.07) is 18.3. The standard InChI is InChI=1S/C29H24ClN3O7/c1-3-39-28(37)18-10-14-22(15-11-18)33-26(35)23(30)24(27(33)36)31-20-12-8-17(9-13-20)25(34)32-21-7-5-6-19(16-21)29(38)40-4-2/h5-16,31H,3-4H2,1-2H3,(H,32,34). The zero-order valence-corrected chi connectivity index (χ0v) is 22.3. The number of nitrogens with zero attached hydrogens (tertiary/aromatic N) is 1. The van der Waals surface area contributed by atoms with Gasteiger partial charge in [-0.05, 0) is 80.6 Å². The second-order valence-corrected chi connectivity index (χ2v) is 8.74. The average Bonchev–Trinajstić information content (AvgIpc) is 3.16. The summed E-state index contributed by atoms with van der Waals surface area (Å²) in [5, 5.41) is 5.26. The number of nitrogens with one attached hydrogen (secondary N) is 2. The molecular weight excluding hydrogens is 538 g/mol. The van der Waals surface area contributed by atoms with E-state index in [1.165, 1.54) is 42.5 Å². The summed E-state index contributed by atoms with van der Waals surface area (Å²) in [7, 11) is 0. The first-order valence-electron chi connectivity index (χ1n) is 12.2. The van der Waals surface area contributed by atoms with Gasteiger partial charge in [0.2, 0.25) is 0 Å². The molecule has 1 aliphatic rings. The summed E-state index contributed by atoms with van der Waals surface area (Å²) in [6.45, 7) is 3.85. The van der Waals surface area contributed by atoms with Gasteiger partial charge in [-0.3, -0.25) is 14.4 Å². The van der Waals surface area contributed by atoms with Crippen LogP contribution in [0.5, 0.6) is 0 Å². The van der Waals surface area contributed by atoms with Crippen molar-refractivity contribution in [3.05, 3.63) is 100 Å². The van der Waals surface area contributed by atoms with Crippen molar-refractivity contribution >= 4 is 58.3 Å². The Bertz CT molecular complexity index is 1520. The minimum atomic E-state index is -0.723. The van der Waals surface area contributed by atoms with E-state index in [1.54, 1.807) is 44.2 Å². The summed E-state index contributed by atoms with van der Waals surface area (Å²) >= 11 is 6.20. The highest BCUT2D eigenvalue weighted by Gasteiger charge is 2.39. The van der Waals surface area contributed by atoms with Crippen molar-refractivity contribution in [2.45, 2.75) is 13.8 Å². The van der Waals surface area contributed by atoms with Crippen molar-refractivity contribution in [1.29, 1.82) is 0 Å². The lowest BCUT2D eigenvalue weighted by Crippen LogP contribution is -2.32. The largest absolute Gasteiger partial charge is 0.462 e. The Morgan fingerprint density at radius 2 is 1.35 bits per heavy atom. The number of hydrogen-bond acceptors (Lipinski definition) is 8. The molecule has 0 aromatic heterocycles. The van der Waals surface area contributed by atoms with E-state index in [0.29, 0.717) is 22.5 Å². The van der Waals surface area contributed by atoms with E-state index in [0.717, 1.165) is 4.90 Å². The number of imide groups is 1. The molecule has 4 rings (SSSR count). The third kappa shape index (κ3) is 6.02. The number of rotatable bonds is 9. The predicted octanol–water partition coefficient (Wildman–Crippen LogP) is 4.73. The number of esters is 2. The molecule has 0 atom stereocenters. The van der Waals surface area contributed by atoms with Gasteiger partial charge >= 0.3 is 11.9 Å². The van der Waals surface area contributed by atoms with E-state index in [4.69, 9.17) is 21.1 Å². The lowest BCUT2D eigenvalue weighted by atomic mass is 10.1. The van der Waals surface area contributed by atoms with Gasteiger partial charge in [-0.2, -0.15) is 0 Å². The number of halogens is 1. The molecule has 0 aliphatic carbocycles. The maximum atomic E-state index is 13.1. The topological polar surface area (TPSA) is 131 Å². The van der Waals surface area contributed by atoms with E-state index in [-0.39, 0.29) is 35.2 Å². The number of benzene rings is 3. The molecule has 11 heteroatoms. The fourth-order valence-corrected chi connectivity index (χ4v) is 4.01. The number of carbonyl (C=O) groups excluding carboxylic acids is 5. The van der Waals surface area contributed by atoms with Crippen molar-refractivity contribution in [2.24, 2.45) is 0 Å². The Morgan fingerprint density at radius 1 is 0.750 bits per heavy atom. The van der Waals surface area contributed by atoms with Crippen LogP contribution >= 0.6 is 11.6 Å². The minimum Gasteiger partial charge on any atom is -0.462 e. The van der Waals surface area contributed by atoms with Crippen LogP contribution in [0.15, 0.2) is 83.5 Å². The number of ether oxygens (including phenoxy) is 2. The first-order chi connectivity index (χ1) is 19.2. The van der Waals surface area contributed by atoms with E-state index in [2.05, 4.69) is 10.6 Å². The summed E-state index contributed by atoms with van der Waals surface area (Å²) in [4.78, 5) is 63.2. The molecule has 204 valence electrons. The van der Waals surface area contributed by atoms with Crippen molar-refractivity contribution in [3.8, 4) is 0 Å². The van der Waals surface area contributed by atoms with E-state index >= 15 is 0 Å². The molecule has 0 unspecified atom stereocenters. The number of hydrogen-bond donors (Lipinski definition) is 2. The van der Waals surface area contributed by atoms with Crippen LogP contribution in [0.4, 0.5) is 17.1 Å². The highest BCUT2D eigenvalue weighted by molar-refractivity contribution is 6.53. The molecule has 0 spiro atoms. The van der Waals surface area contributed by atoms with Crippen molar-refractivity contribution in [3.63, 3.8) is 0 Å². The molecular formula is C29H24ClN3O7. The van der Waals surface area contributed by atoms with Crippen LogP contribution in [0.3, 0.4) is 0 Å². The first-order valence-corrected chi connectivity index (χ1v) is 12.6. The van der Waals surface area contributed by atoms with Crippen LogP contribution in [0.1, 0.15) is 44.9 Å². The quantitative estimate of drug-likeness (QED) is 0.283. The van der Waals surface area contributed by atoms with Crippen LogP contribution in [-0.2, 0) is 19.1 Å². The Balaban J connectivity index is 1.43. The Kier molecular flexibility index (Phi) is 8.60. The summed E-state index contributed by atoms with van der Waals surface area (Å²) in [5.74, 6) is -2.83. The van der Waals surface area contributed by atoms with Gasteiger partial charge in [0.1, 0.15) is 10.7 Å². The zero-order valence-electron chi connectivity index (χ0n) is 21.5. The average molecular weight is 562 g/mol. The summed E-state index contributed by atoms with van der Waals surface area (Å²) in [5.41, 5.74) is 1.83. The maximum absolute atomic E-state index is 13.1. The normalized spacial score (nSPS) is 12.8. The van der Waals surface area contributed by atoms with Gasteiger partial charge in [0.05, 0.1) is 30.0 Å². The Labute approximate surface area is 234 Å². The zero-order chi connectivity index (χ0) is 28.8. The lowest BCUT2D eigenvalue weighted by molar-refractivity contribution is -0.120. The molecule has 0 saturated heterocycles. The van der Waals surface area contributed by atoms with E-state index in [1.807, 2.05) is 0 Å². The Hall–Kier alpha value is -4.96. The van der Waals surface area contributed by atoms with Gasteiger partial charge in [0, 0.05) is 16.9 Å². The van der Waals surface area contributed by atoms with Gasteiger partial charge in [0.15, 0.2) is 0 Å². The van der Waals surface area contributed by atoms with Crippen LogP contribution < -0.4 is 15.5 Å². The van der Waals surface area contributed by atoms with Crippen LogP contribution in [-0.4, -0.2) is 42.9 Å². The minimum absolute atomic E-state index is 0.130. The van der Waals surface area contributed by atoms with Gasteiger partial charge in [-0.1, -0.05) is 17.7 Å². The summed E-state index contributed by atoms with van der Waals surface area (Å²) in [6.07, 6.45) is 0. The molecule has 3 aromatic rings. The molecule has 1 heterocycles. The number of anilines is 3. The van der Waals surface area contributed by atoms with Gasteiger partial charge in [-0.15, -0.1) is 0 Å². The molecule has 40 heavy (non-hydrogen) atoms. The predicted molar refractivity (Wildman–Crippen MR) is 148 cm³/mol. The third-order valence-corrected chi connectivity index (χ3v) is 6.06. The molecule has 3 aromatic carbocycles. The second kappa shape index (κ2) is 12.3. The molecule has 0 radical (unpaired) electrons. The fourth-order valence-electron chi connectivity index (χ4n) is 3.80. The van der Waals surface area contributed by atoms with E-state index in [9.17, 15) is 24.0 Å². The monoisotopic (exact) mass is 561 g/mol. The van der Waals surface area contributed by atoms with Crippen LogP contribution in [0.25, 0.3) is 0 Å². The van der Waals surface area contributed by atoms with Crippen molar-refractivity contribution < 1.29 is 33.4 Å². The number of amides is 3. The maximum Gasteiger partial charge on any atom is 0.338 e. The van der Waals surface area contributed by atoms with Crippen molar-refractivity contribution in [2.75, 3.05) is 28.7 Å². The molecule has 0 fully saturated rings.